The van der Waals surface area contributed by atoms with E-state index in [2.05, 4.69) is 4.98 Å². The van der Waals surface area contributed by atoms with Gasteiger partial charge in [-0.2, -0.15) is 0 Å². The number of hydrogen-bond acceptors (Lipinski definition) is 6. The Morgan fingerprint density at radius 1 is 1.28 bits per heavy atom. The van der Waals surface area contributed by atoms with Gasteiger partial charge in [0.2, 0.25) is 11.8 Å². The lowest BCUT2D eigenvalue weighted by atomic mass is 9.92. The summed E-state index contributed by atoms with van der Waals surface area (Å²) < 4.78 is 11.7. The minimum Gasteiger partial charge on any atom is -0.493 e. The monoisotopic (exact) mass is 504 g/mol. The average molecular weight is 505 g/mol. The minimum absolute atomic E-state index is 0.331. The third kappa shape index (κ3) is 6.01. The van der Waals surface area contributed by atoms with Crippen LogP contribution in [0.5, 0.6) is 5.75 Å². The number of oxazole rings is 1. The number of nitrogens with zero attached hydrogens (tertiary/aromatic N) is 2. The molecule has 186 valence electrons. The number of carboxylic acid groups (broad SMARTS) is 1. The molecule has 0 saturated carbocycles. The van der Waals surface area contributed by atoms with E-state index in [1.165, 1.54) is 11.0 Å². The predicted molar refractivity (Wildman–Crippen MR) is 140 cm³/mol. The molecule has 0 aliphatic carbocycles. The van der Waals surface area contributed by atoms with Crippen molar-refractivity contribution in [2.75, 3.05) is 13.2 Å². The molecule has 1 aliphatic rings. The number of hydrogen-bond donors (Lipinski definition) is 1. The van der Waals surface area contributed by atoms with E-state index in [9.17, 15) is 14.7 Å². The van der Waals surface area contributed by atoms with Crippen molar-refractivity contribution in [3.8, 4) is 5.75 Å². The van der Waals surface area contributed by atoms with Gasteiger partial charge in [0.1, 0.15) is 11.5 Å². The summed E-state index contributed by atoms with van der Waals surface area (Å²) in [5.74, 6) is 0.436. The Kier molecular flexibility index (Phi) is 8.17. The van der Waals surface area contributed by atoms with Crippen LogP contribution in [-0.2, 0) is 22.4 Å². The standard InChI is InChI=1S/C28H28N2O5S/c1-3-4-5-8-26(31)30-15-13-20-9-10-21(18-23(20)27(30)28(32)33)34-16-14-24-19(2)35-25(29-24)12-11-22-7-6-17-36-22/h3-12,17-18,27H,13-16H2,1-2H3,(H,32,33). The quantitative estimate of drug-likeness (QED) is 0.306. The van der Waals surface area contributed by atoms with Crippen LogP contribution in [-0.4, -0.2) is 40.0 Å². The molecule has 0 radical (unpaired) electrons. The number of fused-ring (bicyclic) bond motifs is 1. The normalized spacial score (nSPS) is 15.7. The first-order chi connectivity index (χ1) is 17.5. The first kappa shape index (κ1) is 25.2. The maximum atomic E-state index is 12.6. The number of carboxylic acids is 1. The molecule has 1 unspecified atom stereocenters. The largest absolute Gasteiger partial charge is 0.493 e. The number of carbonyl (C=O) groups excluding carboxylic acids is 1. The van der Waals surface area contributed by atoms with Crippen LogP contribution in [0.15, 0.2) is 64.4 Å². The molecule has 8 heteroatoms. The molecule has 1 aromatic carbocycles. The van der Waals surface area contributed by atoms with Crippen molar-refractivity contribution in [3.63, 3.8) is 0 Å². The Hall–Kier alpha value is -3.91. The topological polar surface area (TPSA) is 92.9 Å². The van der Waals surface area contributed by atoms with Gasteiger partial charge in [-0.25, -0.2) is 9.78 Å². The summed E-state index contributed by atoms with van der Waals surface area (Å²) in [7, 11) is 0. The Labute approximate surface area is 214 Å². The zero-order valence-corrected chi connectivity index (χ0v) is 21.0. The average Bonchev–Trinajstić information content (AvgIpc) is 3.51. The molecule has 0 bridgehead atoms. The fourth-order valence-corrected chi connectivity index (χ4v) is 4.71. The molecule has 2 aromatic heterocycles. The highest BCUT2D eigenvalue weighted by Gasteiger charge is 2.35. The van der Waals surface area contributed by atoms with Crippen LogP contribution in [0.1, 0.15) is 46.3 Å². The van der Waals surface area contributed by atoms with Gasteiger partial charge in [-0.3, -0.25) is 4.79 Å². The Bertz CT molecular complexity index is 1300. The zero-order valence-electron chi connectivity index (χ0n) is 20.2. The summed E-state index contributed by atoms with van der Waals surface area (Å²) in [5, 5.41) is 11.9. The number of ether oxygens (including phenoxy) is 1. The van der Waals surface area contributed by atoms with Crippen molar-refractivity contribution in [1.29, 1.82) is 0 Å². The van der Waals surface area contributed by atoms with E-state index in [0.717, 1.165) is 21.9 Å². The Morgan fingerprint density at radius 3 is 2.89 bits per heavy atom. The number of benzene rings is 1. The van der Waals surface area contributed by atoms with Crippen LogP contribution in [0.2, 0.25) is 0 Å². The van der Waals surface area contributed by atoms with E-state index in [0.29, 0.717) is 43.2 Å². The molecule has 36 heavy (non-hydrogen) atoms. The first-order valence-corrected chi connectivity index (χ1v) is 12.6. The van der Waals surface area contributed by atoms with Crippen LogP contribution in [0, 0.1) is 6.92 Å². The second-order valence-electron chi connectivity index (χ2n) is 8.27. The van der Waals surface area contributed by atoms with Crippen molar-refractivity contribution in [2.45, 2.75) is 32.7 Å². The number of thiophene rings is 1. The number of rotatable bonds is 9. The highest BCUT2D eigenvalue weighted by Crippen LogP contribution is 2.33. The molecule has 0 saturated heterocycles. The molecular formula is C28H28N2O5S. The van der Waals surface area contributed by atoms with Gasteiger partial charge in [-0.05, 0) is 61.1 Å². The maximum absolute atomic E-state index is 12.6. The molecule has 4 rings (SSSR count). The van der Waals surface area contributed by atoms with E-state index in [1.54, 1.807) is 35.6 Å². The first-order valence-electron chi connectivity index (χ1n) is 11.7. The lowest BCUT2D eigenvalue weighted by Gasteiger charge is -2.34. The Morgan fingerprint density at radius 2 is 2.14 bits per heavy atom. The van der Waals surface area contributed by atoms with Crippen molar-refractivity contribution in [3.05, 3.63) is 93.4 Å². The smallest absolute Gasteiger partial charge is 0.331 e. The number of amides is 1. The van der Waals surface area contributed by atoms with Crippen LogP contribution in [0.4, 0.5) is 0 Å². The molecule has 1 atom stereocenters. The number of aryl methyl sites for hydroxylation is 1. The predicted octanol–water partition coefficient (Wildman–Crippen LogP) is 5.48. The summed E-state index contributed by atoms with van der Waals surface area (Å²) in [6.07, 6.45) is 11.5. The maximum Gasteiger partial charge on any atom is 0.331 e. The molecule has 1 aliphatic heterocycles. The van der Waals surface area contributed by atoms with Gasteiger partial charge in [0, 0.05) is 30.0 Å². The summed E-state index contributed by atoms with van der Waals surface area (Å²) in [4.78, 5) is 31.8. The molecule has 0 fully saturated rings. The number of aliphatic carboxylic acids is 1. The number of carbonyl (C=O) groups is 2. The summed E-state index contributed by atoms with van der Waals surface area (Å²) in [6.45, 7) is 4.42. The molecule has 1 amide bonds. The van der Waals surface area contributed by atoms with Crippen molar-refractivity contribution in [1.82, 2.24) is 9.88 Å². The molecular weight excluding hydrogens is 476 g/mol. The molecule has 3 aromatic rings. The van der Waals surface area contributed by atoms with Gasteiger partial charge >= 0.3 is 5.97 Å². The summed E-state index contributed by atoms with van der Waals surface area (Å²) >= 11 is 1.64. The van der Waals surface area contributed by atoms with Gasteiger partial charge in [0.05, 0.1) is 12.3 Å². The highest BCUT2D eigenvalue weighted by molar-refractivity contribution is 7.10. The lowest BCUT2D eigenvalue weighted by Crippen LogP contribution is -2.42. The fourth-order valence-electron chi connectivity index (χ4n) is 4.09. The van der Waals surface area contributed by atoms with Crippen molar-refractivity contribution < 1.29 is 23.8 Å². The van der Waals surface area contributed by atoms with Crippen LogP contribution < -0.4 is 4.74 Å². The summed E-state index contributed by atoms with van der Waals surface area (Å²) in [6, 6.07) is 8.41. The van der Waals surface area contributed by atoms with Gasteiger partial charge in [-0.15, -0.1) is 11.3 Å². The molecule has 1 N–H and O–H groups in total. The van der Waals surface area contributed by atoms with Crippen molar-refractivity contribution >= 4 is 35.4 Å². The van der Waals surface area contributed by atoms with Crippen LogP contribution in [0.25, 0.3) is 12.2 Å². The van der Waals surface area contributed by atoms with Gasteiger partial charge in [-0.1, -0.05) is 30.4 Å². The zero-order chi connectivity index (χ0) is 25.5. The van der Waals surface area contributed by atoms with Crippen LogP contribution in [0.3, 0.4) is 0 Å². The van der Waals surface area contributed by atoms with Gasteiger partial charge < -0.3 is 19.2 Å². The fraction of sp³-hybridized carbons (Fsp3) is 0.250. The van der Waals surface area contributed by atoms with E-state index in [4.69, 9.17) is 9.15 Å². The van der Waals surface area contributed by atoms with Gasteiger partial charge in [0.25, 0.3) is 0 Å². The van der Waals surface area contributed by atoms with Crippen molar-refractivity contribution in [2.24, 2.45) is 0 Å². The second-order valence-corrected chi connectivity index (χ2v) is 9.25. The minimum atomic E-state index is -1.07. The third-order valence-corrected chi connectivity index (χ3v) is 6.69. The van der Waals surface area contributed by atoms with Gasteiger partial charge in [0.15, 0.2) is 6.04 Å². The van der Waals surface area contributed by atoms with E-state index in [1.807, 2.05) is 55.6 Å². The highest BCUT2D eigenvalue weighted by atomic mass is 32.1. The Balaban J connectivity index is 1.43. The van der Waals surface area contributed by atoms with E-state index in [-0.39, 0.29) is 5.91 Å². The van der Waals surface area contributed by atoms with E-state index >= 15 is 0 Å². The summed E-state index contributed by atoms with van der Waals surface area (Å²) in [5.41, 5.74) is 2.30. The lowest BCUT2D eigenvalue weighted by molar-refractivity contribution is -0.149. The third-order valence-electron chi connectivity index (χ3n) is 5.86. The SMILES string of the molecule is CC=CC=CC(=O)N1CCc2ccc(OCCc3nc(C=Cc4cccs4)oc3C)cc2C1C(=O)O. The molecule has 0 spiro atoms. The van der Waals surface area contributed by atoms with Crippen LogP contribution >= 0.6 is 11.3 Å². The second kappa shape index (κ2) is 11.7. The van der Waals surface area contributed by atoms with E-state index < -0.39 is 12.0 Å². The number of allylic oxidation sites excluding steroid dienone is 3. The number of aromatic nitrogens is 1. The molecule has 3 heterocycles. The molecule has 7 nitrogen and oxygen atoms in total.